The van der Waals surface area contributed by atoms with Gasteiger partial charge < -0.3 is 30.5 Å². The highest BCUT2D eigenvalue weighted by Gasteiger charge is 2.22. The molecule has 1 aromatic heterocycles. The van der Waals surface area contributed by atoms with E-state index in [9.17, 15) is 4.39 Å². The number of halogens is 4. The third-order valence-electron chi connectivity index (χ3n) is 4.55. The molecular weight excluding hydrogens is 498 g/mol. The monoisotopic (exact) mass is 522 g/mol. The molecule has 0 aliphatic carbocycles. The summed E-state index contributed by atoms with van der Waals surface area (Å²) in [6, 6.07) is 6.76. The fourth-order valence-corrected chi connectivity index (χ4v) is 3.30. The number of carbonyl (C=O) groups is 1. The van der Waals surface area contributed by atoms with Gasteiger partial charge in [-0.05, 0) is 47.9 Å². The minimum atomic E-state index is -1.65. The number of carbonyl (C=O) groups excluding carboxylic acids is 1. The van der Waals surface area contributed by atoms with Crippen molar-refractivity contribution in [2.45, 2.75) is 10.7 Å². The van der Waals surface area contributed by atoms with Gasteiger partial charge in [-0.1, -0.05) is 34.8 Å². The van der Waals surface area contributed by atoms with Gasteiger partial charge in [0.2, 0.25) is 10.2 Å². The van der Waals surface area contributed by atoms with Crippen LogP contribution in [0.25, 0.3) is 11.1 Å². The first-order chi connectivity index (χ1) is 15.7. The van der Waals surface area contributed by atoms with E-state index in [0.717, 1.165) is 35.6 Å². The number of nitrogens with zero attached hydrogens (tertiary/aromatic N) is 2. The Hall–Kier alpha value is -2.04. The van der Waals surface area contributed by atoms with Gasteiger partial charge in [0.05, 0.1) is 19.8 Å². The van der Waals surface area contributed by atoms with Crippen molar-refractivity contribution in [1.82, 2.24) is 4.98 Å². The normalized spacial score (nSPS) is 13.7. The van der Waals surface area contributed by atoms with Crippen molar-refractivity contribution in [2.24, 2.45) is 5.73 Å². The van der Waals surface area contributed by atoms with Gasteiger partial charge in [-0.2, -0.15) is 0 Å². The number of anilines is 2. The summed E-state index contributed by atoms with van der Waals surface area (Å²) >= 11 is 17.2. The van der Waals surface area contributed by atoms with Gasteiger partial charge in [-0.15, -0.1) is 0 Å². The maximum Gasteiger partial charge on any atom is 0.223 e. The van der Waals surface area contributed by atoms with E-state index in [2.05, 4.69) is 20.9 Å². The summed E-state index contributed by atoms with van der Waals surface area (Å²) in [4.78, 5) is 15.4. The van der Waals surface area contributed by atoms with Gasteiger partial charge in [-0.3, -0.25) is 4.79 Å². The molecule has 1 saturated heterocycles. The molecule has 1 aliphatic rings. The standard InChI is InChI=1S/C20H23Cl3FN3O3.CH3NO/c1-13-8-16(24)17(30-12-20(21,22)23)11-15(13)14-9-18(25-2-5-28)26-19(10-14)27-3-6-29-7-4-27;2-1-3/h8-11,28H,2-7,12H2,1H3,(H,25,26);1H,(H2,2,3). The number of hydrogen-bond donors (Lipinski definition) is 3. The number of amides is 1. The van der Waals surface area contributed by atoms with Crippen LogP contribution in [0.1, 0.15) is 5.56 Å². The molecule has 12 heteroatoms. The first-order valence-electron chi connectivity index (χ1n) is 10.0. The number of pyridine rings is 1. The second kappa shape index (κ2) is 13.0. The van der Waals surface area contributed by atoms with Gasteiger partial charge in [-0.25, -0.2) is 9.37 Å². The number of primary amides is 1. The molecule has 3 rings (SSSR count). The molecule has 182 valence electrons. The second-order valence-electron chi connectivity index (χ2n) is 6.99. The molecule has 2 aromatic rings. The highest BCUT2D eigenvalue weighted by molar-refractivity contribution is 6.67. The summed E-state index contributed by atoms with van der Waals surface area (Å²) in [6.45, 7) is 4.54. The topological polar surface area (TPSA) is 110 Å². The van der Waals surface area contributed by atoms with Crippen molar-refractivity contribution >= 4 is 52.8 Å². The van der Waals surface area contributed by atoms with E-state index in [1.165, 1.54) is 6.07 Å². The van der Waals surface area contributed by atoms with Crippen molar-refractivity contribution in [1.29, 1.82) is 0 Å². The van der Waals surface area contributed by atoms with Crippen LogP contribution in [0, 0.1) is 12.7 Å². The highest BCUT2D eigenvalue weighted by atomic mass is 35.6. The number of alkyl halides is 3. The highest BCUT2D eigenvalue weighted by Crippen LogP contribution is 2.35. The molecule has 0 bridgehead atoms. The molecule has 8 nitrogen and oxygen atoms in total. The summed E-state index contributed by atoms with van der Waals surface area (Å²) < 4.78 is 23.6. The summed E-state index contributed by atoms with van der Waals surface area (Å²) in [5, 5.41) is 12.3. The van der Waals surface area contributed by atoms with Crippen LogP contribution in [0.2, 0.25) is 0 Å². The Bertz CT molecular complexity index is 925. The van der Waals surface area contributed by atoms with Crippen LogP contribution in [-0.2, 0) is 9.53 Å². The Labute approximate surface area is 206 Å². The Kier molecular flexibility index (Phi) is 10.7. The molecule has 1 fully saturated rings. The number of benzene rings is 1. The number of hydrogen-bond acceptors (Lipinski definition) is 7. The lowest BCUT2D eigenvalue weighted by molar-refractivity contribution is -0.106. The average molecular weight is 524 g/mol. The third kappa shape index (κ3) is 8.68. The summed E-state index contributed by atoms with van der Waals surface area (Å²) in [7, 11) is 0. The van der Waals surface area contributed by atoms with Crippen LogP contribution in [-0.4, -0.2) is 66.4 Å². The van der Waals surface area contributed by atoms with Crippen LogP contribution < -0.4 is 20.7 Å². The lowest BCUT2D eigenvalue weighted by Gasteiger charge is -2.28. The zero-order chi connectivity index (χ0) is 24.4. The van der Waals surface area contributed by atoms with Crippen LogP contribution in [0.3, 0.4) is 0 Å². The number of aryl methyl sites for hydroxylation is 1. The van der Waals surface area contributed by atoms with Crippen molar-refractivity contribution in [2.75, 3.05) is 56.3 Å². The van der Waals surface area contributed by atoms with Gasteiger partial charge in [0.1, 0.15) is 18.2 Å². The number of aliphatic hydroxyl groups excluding tert-OH is 1. The Morgan fingerprint density at radius 3 is 2.58 bits per heavy atom. The zero-order valence-electron chi connectivity index (χ0n) is 18.0. The SMILES string of the molecule is Cc1cc(F)c(OCC(Cl)(Cl)Cl)cc1-c1cc(NCCO)nc(N2CCOCC2)c1.NC=O. The quantitative estimate of drug-likeness (QED) is 0.377. The maximum absolute atomic E-state index is 14.4. The summed E-state index contributed by atoms with van der Waals surface area (Å²) in [5.41, 5.74) is 6.48. The van der Waals surface area contributed by atoms with Crippen LogP contribution in [0.5, 0.6) is 5.75 Å². The summed E-state index contributed by atoms with van der Waals surface area (Å²) in [5.74, 6) is 0.836. The van der Waals surface area contributed by atoms with Gasteiger partial charge in [0.15, 0.2) is 11.6 Å². The Morgan fingerprint density at radius 1 is 1.30 bits per heavy atom. The van der Waals surface area contributed by atoms with Gasteiger partial charge in [0, 0.05) is 19.6 Å². The number of ether oxygens (including phenoxy) is 2. The molecule has 0 radical (unpaired) electrons. The van der Waals surface area contributed by atoms with Crippen LogP contribution in [0.15, 0.2) is 24.3 Å². The number of aliphatic hydroxyl groups is 1. The minimum Gasteiger partial charge on any atom is -0.486 e. The average Bonchev–Trinajstić information content (AvgIpc) is 2.77. The van der Waals surface area contributed by atoms with Gasteiger partial charge in [0.25, 0.3) is 0 Å². The number of nitrogens with two attached hydrogens (primary N) is 1. The molecule has 0 saturated carbocycles. The minimum absolute atomic E-state index is 0.00322. The van der Waals surface area contributed by atoms with E-state index in [4.69, 9.17) is 54.2 Å². The molecular formula is C21H26Cl3FN4O4. The van der Waals surface area contributed by atoms with Crippen molar-refractivity contribution in [3.63, 3.8) is 0 Å². The molecule has 1 aromatic carbocycles. The molecule has 4 N–H and O–H groups in total. The number of rotatable bonds is 7. The van der Waals surface area contributed by atoms with E-state index in [0.29, 0.717) is 25.6 Å². The predicted molar refractivity (Wildman–Crippen MR) is 129 cm³/mol. The molecule has 1 amide bonds. The molecule has 33 heavy (non-hydrogen) atoms. The van der Waals surface area contributed by atoms with E-state index < -0.39 is 9.61 Å². The van der Waals surface area contributed by atoms with E-state index >= 15 is 0 Å². The molecule has 0 atom stereocenters. The summed E-state index contributed by atoms with van der Waals surface area (Å²) in [6.07, 6.45) is 0.250. The predicted octanol–water partition coefficient (Wildman–Crippen LogP) is 3.29. The smallest absolute Gasteiger partial charge is 0.223 e. The Balaban J connectivity index is 0.00000122. The van der Waals surface area contributed by atoms with Crippen LogP contribution in [0.4, 0.5) is 16.0 Å². The number of nitrogens with one attached hydrogen (secondary N) is 1. The lowest BCUT2D eigenvalue weighted by Crippen LogP contribution is -2.36. The Morgan fingerprint density at radius 2 is 1.97 bits per heavy atom. The van der Waals surface area contributed by atoms with Gasteiger partial charge >= 0.3 is 0 Å². The fraction of sp³-hybridized carbons (Fsp3) is 0.429. The maximum atomic E-state index is 14.4. The van der Waals surface area contributed by atoms with Crippen molar-refractivity contribution in [3.8, 4) is 16.9 Å². The molecule has 0 spiro atoms. The van der Waals surface area contributed by atoms with E-state index in [-0.39, 0.29) is 25.4 Å². The van der Waals surface area contributed by atoms with E-state index in [1.807, 2.05) is 19.1 Å². The molecule has 1 aliphatic heterocycles. The number of aromatic nitrogens is 1. The molecule has 2 heterocycles. The second-order valence-corrected chi connectivity index (χ2v) is 9.50. The lowest BCUT2D eigenvalue weighted by atomic mass is 10.00. The fourth-order valence-electron chi connectivity index (χ4n) is 3.13. The largest absolute Gasteiger partial charge is 0.486 e. The van der Waals surface area contributed by atoms with Crippen molar-refractivity contribution < 1.29 is 23.8 Å². The van der Waals surface area contributed by atoms with Crippen LogP contribution >= 0.6 is 34.8 Å². The number of morpholine rings is 1. The first-order valence-corrected chi connectivity index (χ1v) is 11.2. The van der Waals surface area contributed by atoms with Crippen molar-refractivity contribution in [3.05, 3.63) is 35.6 Å². The van der Waals surface area contributed by atoms with E-state index in [1.54, 1.807) is 6.07 Å². The third-order valence-corrected chi connectivity index (χ3v) is 4.87. The zero-order valence-corrected chi connectivity index (χ0v) is 20.3. The molecule has 0 unspecified atom stereocenters. The first kappa shape index (κ1) is 27.2.